The van der Waals surface area contributed by atoms with Crippen LogP contribution in [0.4, 0.5) is 0 Å². The molecule has 1 N–H and O–H groups in total. The molecule has 0 aliphatic carbocycles. The van der Waals surface area contributed by atoms with Crippen molar-refractivity contribution in [3.05, 3.63) is 68.4 Å². The Bertz CT molecular complexity index is 1100. The van der Waals surface area contributed by atoms with E-state index in [1.807, 2.05) is 30.3 Å². The third kappa shape index (κ3) is 2.48. The molecule has 1 saturated heterocycles. The molecular formula is C18H13Br2N5O3. The molecule has 0 saturated carbocycles. The van der Waals surface area contributed by atoms with Gasteiger partial charge in [0.25, 0.3) is 5.82 Å². The fourth-order valence-corrected chi connectivity index (χ4v) is 5.25. The largest absolute Gasteiger partial charge is 0.475 e. The maximum Gasteiger partial charge on any atom is 0.375 e. The van der Waals surface area contributed by atoms with E-state index in [0.29, 0.717) is 31.2 Å². The predicted octanol–water partition coefficient (Wildman–Crippen LogP) is 2.93. The first-order chi connectivity index (χ1) is 13.5. The molecule has 8 nitrogen and oxygen atoms in total. The fourth-order valence-electron chi connectivity index (χ4n) is 3.85. The van der Waals surface area contributed by atoms with Crippen LogP contribution in [-0.2, 0) is 17.0 Å². The van der Waals surface area contributed by atoms with Crippen LogP contribution in [0.15, 0.2) is 45.5 Å². The highest BCUT2D eigenvalue weighted by molar-refractivity contribution is 9.11. The molecule has 5 rings (SSSR count). The van der Waals surface area contributed by atoms with Gasteiger partial charge in [0.2, 0.25) is 0 Å². The summed E-state index contributed by atoms with van der Waals surface area (Å²) in [5.74, 6) is -0.866. The van der Waals surface area contributed by atoms with Gasteiger partial charge in [-0.05, 0) is 40.2 Å². The number of pyridine rings is 1. The Hall–Kier alpha value is -2.14. The Morgan fingerprint density at radius 3 is 2.89 bits per heavy atom. The van der Waals surface area contributed by atoms with Crippen LogP contribution in [0.2, 0.25) is 0 Å². The Labute approximate surface area is 176 Å². The zero-order valence-electron chi connectivity index (χ0n) is 14.3. The van der Waals surface area contributed by atoms with Gasteiger partial charge in [-0.15, -0.1) is 5.10 Å². The van der Waals surface area contributed by atoms with Gasteiger partial charge in [-0.25, -0.2) is 14.5 Å². The summed E-state index contributed by atoms with van der Waals surface area (Å²) in [5.41, 5.74) is 1.33. The molecule has 1 fully saturated rings. The van der Waals surface area contributed by atoms with E-state index in [0.717, 1.165) is 20.2 Å². The van der Waals surface area contributed by atoms with Crippen LogP contribution in [0.25, 0.3) is 5.69 Å². The van der Waals surface area contributed by atoms with Crippen molar-refractivity contribution in [2.24, 2.45) is 0 Å². The highest BCUT2D eigenvalue weighted by Crippen LogP contribution is 2.47. The van der Waals surface area contributed by atoms with Crippen LogP contribution in [0.3, 0.4) is 0 Å². The van der Waals surface area contributed by atoms with E-state index in [-0.39, 0.29) is 5.82 Å². The fraction of sp³-hybridized carbons (Fsp3) is 0.222. The lowest BCUT2D eigenvalue weighted by Crippen LogP contribution is -2.43. The second-order valence-corrected chi connectivity index (χ2v) is 8.25. The number of ether oxygens (including phenoxy) is 1. The number of nitrogens with zero attached hydrogens (tertiary/aromatic N) is 5. The SMILES string of the molecule is O=C(O)c1nc2n(n1)-c1c(Br)cc(Br)cc1C1(c3ccccn3)OCCN1C2. The number of hydrogen-bond acceptors (Lipinski definition) is 6. The summed E-state index contributed by atoms with van der Waals surface area (Å²) in [6.07, 6.45) is 1.74. The van der Waals surface area contributed by atoms with Crippen molar-refractivity contribution in [2.45, 2.75) is 12.3 Å². The third-order valence-corrected chi connectivity index (χ3v) is 5.99. The number of rotatable bonds is 2. The van der Waals surface area contributed by atoms with Gasteiger partial charge in [-0.2, -0.15) is 0 Å². The van der Waals surface area contributed by atoms with E-state index in [2.05, 4.69) is 51.8 Å². The number of hydrogen-bond donors (Lipinski definition) is 1. The predicted molar refractivity (Wildman–Crippen MR) is 105 cm³/mol. The van der Waals surface area contributed by atoms with Crippen LogP contribution in [-0.4, -0.2) is 48.9 Å². The molecule has 3 aromatic rings. The van der Waals surface area contributed by atoms with Crippen LogP contribution >= 0.6 is 31.9 Å². The van der Waals surface area contributed by atoms with Crippen molar-refractivity contribution in [1.29, 1.82) is 0 Å². The Morgan fingerprint density at radius 1 is 1.29 bits per heavy atom. The Morgan fingerprint density at radius 2 is 2.14 bits per heavy atom. The van der Waals surface area contributed by atoms with Gasteiger partial charge in [0.15, 0.2) is 5.72 Å². The molecular weight excluding hydrogens is 494 g/mol. The topological polar surface area (TPSA) is 93.4 Å². The molecule has 2 aliphatic rings. The standard InChI is InChI=1S/C18H13Br2N5O3/c19-10-7-11-15(12(20)8-10)25-14(22-16(23-25)17(26)27)9-24-5-6-28-18(11,24)13-3-1-2-4-21-13/h1-4,7-8H,5-6,9H2,(H,26,27). The molecule has 28 heavy (non-hydrogen) atoms. The molecule has 0 amide bonds. The smallest absolute Gasteiger partial charge is 0.375 e. The quantitative estimate of drug-likeness (QED) is 0.571. The number of carboxylic acids is 1. The van der Waals surface area contributed by atoms with Crippen molar-refractivity contribution in [1.82, 2.24) is 24.6 Å². The number of carbonyl (C=O) groups is 1. The minimum atomic E-state index is -1.16. The number of halogens is 2. The summed E-state index contributed by atoms with van der Waals surface area (Å²) in [6, 6.07) is 9.57. The van der Waals surface area contributed by atoms with Crippen molar-refractivity contribution in [2.75, 3.05) is 13.2 Å². The maximum atomic E-state index is 11.5. The Balaban J connectivity index is 1.87. The van der Waals surface area contributed by atoms with Crippen LogP contribution in [0.5, 0.6) is 0 Å². The zero-order valence-corrected chi connectivity index (χ0v) is 17.5. The number of carboxylic acid groups (broad SMARTS) is 1. The van der Waals surface area contributed by atoms with Gasteiger partial charge in [0.05, 0.1) is 24.5 Å². The Kier molecular flexibility index (Phi) is 4.13. The summed E-state index contributed by atoms with van der Waals surface area (Å²) in [5, 5.41) is 13.6. The number of aromatic carboxylic acids is 1. The average Bonchev–Trinajstić information content (AvgIpc) is 3.25. The van der Waals surface area contributed by atoms with Gasteiger partial charge < -0.3 is 9.84 Å². The van der Waals surface area contributed by atoms with Gasteiger partial charge in [0, 0.05) is 27.3 Å². The number of fused-ring (bicyclic) bond motifs is 5. The molecule has 2 aromatic heterocycles. The summed E-state index contributed by atoms with van der Waals surface area (Å²) < 4.78 is 9.54. The van der Waals surface area contributed by atoms with E-state index >= 15 is 0 Å². The second kappa shape index (κ2) is 6.45. The first-order valence-corrected chi connectivity index (χ1v) is 10.1. The monoisotopic (exact) mass is 505 g/mol. The average molecular weight is 507 g/mol. The summed E-state index contributed by atoms with van der Waals surface area (Å²) in [4.78, 5) is 22.4. The maximum absolute atomic E-state index is 11.5. The normalized spacial score (nSPS) is 20.9. The molecule has 0 bridgehead atoms. The van der Waals surface area contributed by atoms with Crippen LogP contribution in [0.1, 0.15) is 27.7 Å². The van der Waals surface area contributed by atoms with E-state index in [9.17, 15) is 9.90 Å². The van der Waals surface area contributed by atoms with Crippen molar-refractivity contribution in [3.63, 3.8) is 0 Å². The van der Waals surface area contributed by atoms with E-state index in [4.69, 9.17) is 4.74 Å². The molecule has 0 spiro atoms. The van der Waals surface area contributed by atoms with Crippen molar-refractivity contribution >= 4 is 37.8 Å². The molecule has 1 aromatic carbocycles. The summed E-state index contributed by atoms with van der Waals surface area (Å²) >= 11 is 7.18. The van der Waals surface area contributed by atoms with E-state index < -0.39 is 11.7 Å². The molecule has 1 atom stereocenters. The molecule has 1 unspecified atom stereocenters. The van der Waals surface area contributed by atoms with E-state index in [1.165, 1.54) is 0 Å². The summed E-state index contributed by atoms with van der Waals surface area (Å²) in [6.45, 7) is 1.53. The zero-order chi connectivity index (χ0) is 19.5. The highest BCUT2D eigenvalue weighted by atomic mass is 79.9. The van der Waals surface area contributed by atoms with Crippen molar-refractivity contribution < 1.29 is 14.6 Å². The van der Waals surface area contributed by atoms with Gasteiger partial charge in [-0.3, -0.25) is 9.88 Å². The van der Waals surface area contributed by atoms with Crippen LogP contribution < -0.4 is 0 Å². The van der Waals surface area contributed by atoms with E-state index in [1.54, 1.807) is 10.9 Å². The number of aromatic nitrogens is 4. The minimum Gasteiger partial charge on any atom is -0.475 e. The first kappa shape index (κ1) is 17.9. The second-order valence-electron chi connectivity index (χ2n) is 6.48. The first-order valence-electron chi connectivity index (χ1n) is 8.50. The molecule has 142 valence electrons. The lowest BCUT2D eigenvalue weighted by atomic mass is 9.95. The van der Waals surface area contributed by atoms with Gasteiger partial charge in [0.1, 0.15) is 5.82 Å². The van der Waals surface area contributed by atoms with Crippen LogP contribution in [0, 0.1) is 0 Å². The molecule has 4 heterocycles. The molecule has 0 radical (unpaired) electrons. The lowest BCUT2D eigenvalue weighted by molar-refractivity contribution is -0.0586. The third-order valence-electron chi connectivity index (χ3n) is 4.93. The minimum absolute atomic E-state index is 0.235. The molecule has 10 heteroatoms. The van der Waals surface area contributed by atoms with Crippen molar-refractivity contribution in [3.8, 4) is 5.69 Å². The molecule has 2 aliphatic heterocycles. The van der Waals surface area contributed by atoms with Gasteiger partial charge in [-0.1, -0.05) is 22.0 Å². The lowest BCUT2D eigenvalue weighted by Gasteiger charge is -2.36. The number of benzene rings is 1. The highest BCUT2D eigenvalue weighted by Gasteiger charge is 2.51. The summed E-state index contributed by atoms with van der Waals surface area (Å²) in [7, 11) is 0. The van der Waals surface area contributed by atoms with Gasteiger partial charge >= 0.3 is 5.97 Å².